The molecule has 0 saturated heterocycles. The van der Waals surface area contributed by atoms with Crippen LogP contribution in [-0.4, -0.2) is 34.0 Å². The molecule has 0 bridgehead atoms. The Kier molecular flexibility index (Phi) is 5.42. The molecular weight excluding hydrogens is 350 g/mol. The first kappa shape index (κ1) is 18.3. The van der Waals surface area contributed by atoms with Crippen LogP contribution >= 0.6 is 0 Å². The molecule has 0 atom stereocenters. The maximum atomic E-state index is 9.60. The van der Waals surface area contributed by atoms with Gasteiger partial charge in [0.15, 0.2) is 5.84 Å². The summed E-state index contributed by atoms with van der Waals surface area (Å²) in [6.07, 6.45) is 5.23. The highest BCUT2D eigenvalue weighted by Crippen LogP contribution is 2.30. The van der Waals surface area contributed by atoms with Crippen molar-refractivity contribution in [2.24, 2.45) is 11.1 Å². The summed E-state index contributed by atoms with van der Waals surface area (Å²) in [5.74, 6) is 2.56. The smallest absolute Gasteiger partial charge is 0.219 e. The SMILES string of the molecule is CCCN(CC1CC1)/C(=N\O)c1ccc(Oc2ccc3ccccc3c2)nc1. The lowest BCUT2D eigenvalue weighted by molar-refractivity contribution is 0.297. The molecule has 28 heavy (non-hydrogen) atoms. The minimum atomic E-state index is 0.514. The van der Waals surface area contributed by atoms with Gasteiger partial charge in [-0.2, -0.15) is 0 Å². The Labute approximate surface area is 165 Å². The average molecular weight is 375 g/mol. The standard InChI is InChI=1S/C23H25N3O2/c1-2-13-26(16-17-7-8-17)23(25-27)20-10-12-22(24-15-20)28-21-11-9-18-5-3-4-6-19(18)14-21/h3-6,9-12,14-15,17,27H,2,7-8,13,16H2,1H3/b25-23-. The number of rotatable bonds is 7. The summed E-state index contributed by atoms with van der Waals surface area (Å²) in [5.41, 5.74) is 0.794. The number of fused-ring (bicyclic) bond motifs is 1. The zero-order chi connectivity index (χ0) is 19.3. The number of hydrogen-bond acceptors (Lipinski definition) is 4. The Bertz CT molecular complexity index is 965. The van der Waals surface area contributed by atoms with Crippen LogP contribution in [0.2, 0.25) is 0 Å². The number of pyridine rings is 1. The van der Waals surface area contributed by atoms with Gasteiger partial charge in [-0.05, 0) is 54.2 Å². The van der Waals surface area contributed by atoms with Gasteiger partial charge in [-0.1, -0.05) is 42.4 Å². The second-order valence-electron chi connectivity index (χ2n) is 7.31. The number of ether oxygens (including phenoxy) is 1. The van der Waals surface area contributed by atoms with E-state index in [1.807, 2.05) is 42.5 Å². The largest absolute Gasteiger partial charge is 0.439 e. The van der Waals surface area contributed by atoms with Gasteiger partial charge in [0.25, 0.3) is 0 Å². The van der Waals surface area contributed by atoms with Crippen molar-refractivity contribution in [3.05, 3.63) is 66.4 Å². The molecule has 0 aliphatic heterocycles. The van der Waals surface area contributed by atoms with E-state index in [1.54, 1.807) is 6.20 Å². The van der Waals surface area contributed by atoms with Gasteiger partial charge in [-0.25, -0.2) is 4.98 Å². The van der Waals surface area contributed by atoms with Gasteiger partial charge < -0.3 is 14.8 Å². The first-order chi connectivity index (χ1) is 13.8. The summed E-state index contributed by atoms with van der Waals surface area (Å²) >= 11 is 0. The molecule has 5 heteroatoms. The van der Waals surface area contributed by atoms with E-state index in [9.17, 15) is 5.21 Å². The summed E-state index contributed by atoms with van der Waals surface area (Å²) in [7, 11) is 0. The quantitative estimate of drug-likeness (QED) is 0.264. The Hall–Kier alpha value is -3.08. The number of hydrogen-bond donors (Lipinski definition) is 1. The third-order valence-electron chi connectivity index (χ3n) is 5.00. The van der Waals surface area contributed by atoms with E-state index in [2.05, 4.69) is 34.1 Å². The summed E-state index contributed by atoms with van der Waals surface area (Å²) < 4.78 is 5.91. The number of benzene rings is 2. The second kappa shape index (κ2) is 8.30. The van der Waals surface area contributed by atoms with Crippen molar-refractivity contribution >= 4 is 16.6 Å². The second-order valence-corrected chi connectivity index (χ2v) is 7.31. The summed E-state index contributed by atoms with van der Waals surface area (Å²) in [5, 5.41) is 15.5. The molecule has 2 aromatic carbocycles. The molecule has 5 nitrogen and oxygen atoms in total. The third kappa shape index (κ3) is 4.25. The third-order valence-corrected chi connectivity index (χ3v) is 5.00. The van der Waals surface area contributed by atoms with Crippen molar-refractivity contribution in [3.8, 4) is 11.6 Å². The van der Waals surface area contributed by atoms with Gasteiger partial charge >= 0.3 is 0 Å². The Balaban J connectivity index is 1.50. The van der Waals surface area contributed by atoms with E-state index in [0.29, 0.717) is 17.6 Å². The molecule has 144 valence electrons. The molecular formula is C23H25N3O2. The highest BCUT2D eigenvalue weighted by Gasteiger charge is 2.26. The lowest BCUT2D eigenvalue weighted by atomic mass is 10.1. The van der Waals surface area contributed by atoms with Crippen LogP contribution in [0.4, 0.5) is 0 Å². The summed E-state index contributed by atoms with van der Waals surface area (Å²) in [4.78, 5) is 6.57. The van der Waals surface area contributed by atoms with E-state index in [1.165, 1.54) is 18.2 Å². The first-order valence-corrected chi connectivity index (χ1v) is 9.87. The maximum absolute atomic E-state index is 9.60. The van der Waals surface area contributed by atoms with Gasteiger partial charge in [0.2, 0.25) is 5.88 Å². The summed E-state index contributed by atoms with van der Waals surface area (Å²) in [6.45, 7) is 3.93. The van der Waals surface area contributed by atoms with E-state index >= 15 is 0 Å². The van der Waals surface area contributed by atoms with Crippen molar-refractivity contribution in [1.29, 1.82) is 0 Å². The molecule has 1 N–H and O–H groups in total. The van der Waals surface area contributed by atoms with Gasteiger partial charge in [0, 0.05) is 30.9 Å². The highest BCUT2D eigenvalue weighted by molar-refractivity contribution is 5.98. The molecule has 1 aliphatic rings. The van der Waals surface area contributed by atoms with Crippen molar-refractivity contribution in [2.45, 2.75) is 26.2 Å². The van der Waals surface area contributed by atoms with E-state index in [0.717, 1.165) is 36.2 Å². The Morgan fingerprint density at radius 3 is 2.64 bits per heavy atom. The molecule has 0 radical (unpaired) electrons. The minimum Gasteiger partial charge on any atom is -0.439 e. The first-order valence-electron chi connectivity index (χ1n) is 9.87. The van der Waals surface area contributed by atoms with Crippen LogP contribution in [0.15, 0.2) is 65.9 Å². The van der Waals surface area contributed by atoms with E-state index in [4.69, 9.17) is 4.74 Å². The van der Waals surface area contributed by atoms with Gasteiger partial charge in [0.05, 0.1) is 0 Å². The van der Waals surface area contributed by atoms with E-state index < -0.39 is 0 Å². The van der Waals surface area contributed by atoms with Gasteiger partial charge in [0.1, 0.15) is 5.75 Å². The molecule has 1 saturated carbocycles. The molecule has 1 fully saturated rings. The van der Waals surface area contributed by atoms with Crippen molar-refractivity contribution in [1.82, 2.24) is 9.88 Å². The fourth-order valence-corrected chi connectivity index (χ4v) is 3.39. The molecule has 0 spiro atoms. The van der Waals surface area contributed by atoms with E-state index in [-0.39, 0.29) is 0 Å². The predicted molar refractivity (Wildman–Crippen MR) is 111 cm³/mol. The van der Waals surface area contributed by atoms with Crippen molar-refractivity contribution < 1.29 is 9.94 Å². The molecule has 0 unspecified atom stereocenters. The van der Waals surface area contributed by atoms with Crippen LogP contribution in [0.3, 0.4) is 0 Å². The molecule has 1 aliphatic carbocycles. The highest BCUT2D eigenvalue weighted by atomic mass is 16.5. The lowest BCUT2D eigenvalue weighted by Gasteiger charge is -2.24. The zero-order valence-corrected chi connectivity index (χ0v) is 16.1. The van der Waals surface area contributed by atoms with Crippen LogP contribution in [0.5, 0.6) is 11.6 Å². The average Bonchev–Trinajstić information content (AvgIpc) is 3.54. The fourth-order valence-electron chi connectivity index (χ4n) is 3.39. The van der Waals surface area contributed by atoms with Crippen LogP contribution in [-0.2, 0) is 0 Å². The lowest BCUT2D eigenvalue weighted by Crippen LogP contribution is -2.34. The number of nitrogens with zero attached hydrogens (tertiary/aromatic N) is 3. The predicted octanol–water partition coefficient (Wildman–Crippen LogP) is 5.28. The van der Waals surface area contributed by atoms with Crippen molar-refractivity contribution in [3.63, 3.8) is 0 Å². The molecule has 3 aromatic rings. The molecule has 1 heterocycles. The minimum absolute atomic E-state index is 0.514. The van der Waals surface area contributed by atoms with Gasteiger partial charge in [-0.3, -0.25) is 0 Å². The van der Waals surface area contributed by atoms with Crippen LogP contribution < -0.4 is 4.74 Å². The Morgan fingerprint density at radius 1 is 1.14 bits per heavy atom. The zero-order valence-electron chi connectivity index (χ0n) is 16.1. The van der Waals surface area contributed by atoms with Crippen LogP contribution in [0.1, 0.15) is 31.7 Å². The Morgan fingerprint density at radius 2 is 1.96 bits per heavy atom. The number of oxime groups is 1. The van der Waals surface area contributed by atoms with Crippen LogP contribution in [0.25, 0.3) is 10.8 Å². The number of amidine groups is 1. The van der Waals surface area contributed by atoms with Crippen molar-refractivity contribution in [2.75, 3.05) is 13.1 Å². The fraction of sp³-hybridized carbons (Fsp3) is 0.304. The van der Waals surface area contributed by atoms with Crippen LogP contribution in [0, 0.1) is 5.92 Å². The van der Waals surface area contributed by atoms with Gasteiger partial charge in [-0.15, -0.1) is 0 Å². The topological polar surface area (TPSA) is 58.0 Å². The normalized spacial score (nSPS) is 14.2. The maximum Gasteiger partial charge on any atom is 0.219 e. The summed E-state index contributed by atoms with van der Waals surface area (Å²) in [6, 6.07) is 17.9. The monoisotopic (exact) mass is 375 g/mol. The molecule has 0 amide bonds. The molecule has 1 aromatic heterocycles. The number of aromatic nitrogens is 1. The molecule has 4 rings (SSSR count).